The van der Waals surface area contributed by atoms with Crippen LogP contribution in [0.2, 0.25) is 0 Å². The smallest absolute Gasteiger partial charge is 0.261 e. The van der Waals surface area contributed by atoms with E-state index in [4.69, 9.17) is 4.84 Å². The lowest BCUT2D eigenvalue weighted by Gasteiger charge is -2.33. The third-order valence-electron chi connectivity index (χ3n) is 5.13. The number of nitrogens with one attached hydrogen (secondary N) is 1. The zero-order valence-corrected chi connectivity index (χ0v) is 16.0. The van der Waals surface area contributed by atoms with Crippen molar-refractivity contribution in [3.8, 4) is 0 Å². The van der Waals surface area contributed by atoms with E-state index in [0.29, 0.717) is 17.9 Å². The molecule has 1 aliphatic carbocycles. The van der Waals surface area contributed by atoms with E-state index < -0.39 is 30.0 Å². The number of nitrogens with zero attached hydrogens (tertiary/aromatic N) is 3. The van der Waals surface area contributed by atoms with Gasteiger partial charge in [-0.05, 0) is 37.4 Å². The summed E-state index contributed by atoms with van der Waals surface area (Å²) in [5.41, 5.74) is 1.04. The number of rotatable bonds is 3. The zero-order valence-electron chi connectivity index (χ0n) is 16.0. The van der Waals surface area contributed by atoms with Crippen LogP contribution in [0.4, 0.5) is 13.2 Å². The van der Waals surface area contributed by atoms with Crippen molar-refractivity contribution >= 4 is 5.90 Å². The summed E-state index contributed by atoms with van der Waals surface area (Å²) in [4.78, 5) is 12.0. The summed E-state index contributed by atoms with van der Waals surface area (Å²) >= 11 is 0. The molecule has 2 aliphatic heterocycles. The molecule has 5 nitrogen and oxygen atoms in total. The van der Waals surface area contributed by atoms with Crippen LogP contribution in [-0.4, -0.2) is 41.7 Å². The third kappa shape index (κ3) is 3.55. The minimum Gasteiger partial charge on any atom is -0.381 e. The largest absolute Gasteiger partial charge is 0.381 e. The van der Waals surface area contributed by atoms with Crippen LogP contribution in [0.25, 0.3) is 0 Å². The number of hydrogen-bond donors (Lipinski definition) is 1. The Hall–Kier alpha value is -3.00. The van der Waals surface area contributed by atoms with E-state index in [1.807, 2.05) is 24.0 Å². The number of halogens is 3. The first-order valence-corrected chi connectivity index (χ1v) is 9.28. The molecule has 29 heavy (non-hydrogen) atoms. The fourth-order valence-corrected chi connectivity index (χ4v) is 3.62. The summed E-state index contributed by atoms with van der Waals surface area (Å²) < 4.78 is 43.0. The molecule has 4 rings (SSSR count). The first-order valence-electron chi connectivity index (χ1n) is 9.28. The molecule has 1 aromatic rings. The minimum atomic E-state index is -1.16. The molecule has 1 aromatic carbocycles. The van der Waals surface area contributed by atoms with Gasteiger partial charge >= 0.3 is 0 Å². The Morgan fingerprint density at radius 3 is 2.62 bits per heavy atom. The molecule has 0 fully saturated rings. The molecule has 3 unspecified atom stereocenters. The van der Waals surface area contributed by atoms with Gasteiger partial charge in [0.1, 0.15) is 23.5 Å². The predicted octanol–water partition coefficient (Wildman–Crippen LogP) is 3.72. The fourth-order valence-electron chi connectivity index (χ4n) is 3.62. The minimum absolute atomic E-state index is 0.181. The molecule has 1 N–H and O–H groups in total. The van der Waals surface area contributed by atoms with Crippen LogP contribution >= 0.6 is 0 Å². The Morgan fingerprint density at radius 1 is 1.17 bits per heavy atom. The number of hydrogen-bond acceptors (Lipinski definition) is 5. The lowest BCUT2D eigenvalue weighted by Crippen LogP contribution is -2.40. The van der Waals surface area contributed by atoms with Gasteiger partial charge < -0.3 is 15.1 Å². The van der Waals surface area contributed by atoms with Gasteiger partial charge in [0.2, 0.25) is 0 Å². The van der Waals surface area contributed by atoms with Crippen molar-refractivity contribution in [3.05, 3.63) is 83.4 Å². The molecule has 0 amide bonds. The van der Waals surface area contributed by atoms with Crippen molar-refractivity contribution in [1.82, 2.24) is 15.3 Å². The summed E-state index contributed by atoms with van der Waals surface area (Å²) in [6.45, 7) is 2.32. The molecule has 0 spiro atoms. The zero-order chi connectivity index (χ0) is 20.5. The molecule has 152 valence electrons. The summed E-state index contributed by atoms with van der Waals surface area (Å²) in [6, 6.07) is 3.20. The van der Waals surface area contributed by atoms with Crippen LogP contribution in [0.15, 0.2) is 71.2 Å². The first kappa shape index (κ1) is 19.3. The molecule has 0 bridgehead atoms. The molecule has 0 radical (unpaired) electrons. The number of aliphatic imine (C=N–C) groups is 1. The van der Waals surface area contributed by atoms with Crippen LogP contribution in [0, 0.1) is 11.6 Å². The lowest BCUT2D eigenvalue weighted by molar-refractivity contribution is -0.0595. The van der Waals surface area contributed by atoms with E-state index in [-0.39, 0.29) is 11.5 Å². The monoisotopic (exact) mass is 402 g/mol. The highest BCUT2D eigenvalue weighted by Gasteiger charge is 2.35. The van der Waals surface area contributed by atoms with Crippen LogP contribution in [-0.2, 0) is 4.84 Å². The van der Waals surface area contributed by atoms with E-state index in [1.165, 1.54) is 29.3 Å². The van der Waals surface area contributed by atoms with Crippen molar-refractivity contribution in [3.63, 3.8) is 0 Å². The maximum Gasteiger partial charge on any atom is 0.261 e. The second-order valence-corrected chi connectivity index (χ2v) is 6.95. The number of allylic oxidation sites excluding steroid dienone is 3. The SMILES string of the molecule is CC1=C(C2=NC(c3c(F)cccc3F)N(C)O2)NC=CCN1C1C=CC=CC1F. The number of hydroxylamine groups is 2. The van der Waals surface area contributed by atoms with Gasteiger partial charge in [-0.1, -0.05) is 24.3 Å². The van der Waals surface area contributed by atoms with E-state index in [9.17, 15) is 13.2 Å². The average Bonchev–Trinajstić information content (AvgIpc) is 2.95. The standard InChI is InChI=1S/C21H21F3N4O/c1-13-19(25-11-6-12-28(13)17-10-4-3-7-14(17)22)21-26-20(27(2)29-21)18-15(23)8-5-9-16(18)24/h3-11,14,17,20,25H,12H2,1-2H3. The first-order chi connectivity index (χ1) is 14.0. The molecule has 2 heterocycles. The van der Waals surface area contributed by atoms with Gasteiger partial charge in [0.05, 0.1) is 11.6 Å². The Labute approximate surface area is 167 Å². The Kier molecular flexibility index (Phi) is 5.19. The maximum absolute atomic E-state index is 14.5. The average molecular weight is 402 g/mol. The molecule has 0 aromatic heterocycles. The van der Waals surface area contributed by atoms with Crippen molar-refractivity contribution in [2.45, 2.75) is 25.3 Å². The lowest BCUT2D eigenvalue weighted by atomic mass is 10.0. The third-order valence-corrected chi connectivity index (χ3v) is 5.13. The van der Waals surface area contributed by atoms with E-state index >= 15 is 0 Å². The summed E-state index contributed by atoms with van der Waals surface area (Å²) in [7, 11) is 1.56. The van der Waals surface area contributed by atoms with Crippen molar-refractivity contribution in [2.24, 2.45) is 4.99 Å². The van der Waals surface area contributed by atoms with Crippen LogP contribution in [0.5, 0.6) is 0 Å². The van der Waals surface area contributed by atoms with Crippen LogP contribution < -0.4 is 5.32 Å². The van der Waals surface area contributed by atoms with E-state index in [2.05, 4.69) is 10.3 Å². The maximum atomic E-state index is 14.5. The Bertz CT molecular complexity index is 933. The number of alkyl halides is 1. The molecular formula is C21H21F3N4O. The molecule has 3 aliphatic rings. The molecule has 8 heteroatoms. The second kappa shape index (κ2) is 7.79. The summed E-state index contributed by atoms with van der Waals surface area (Å²) in [5, 5.41) is 4.39. The molecular weight excluding hydrogens is 381 g/mol. The predicted molar refractivity (Wildman–Crippen MR) is 104 cm³/mol. The van der Waals surface area contributed by atoms with Crippen LogP contribution in [0.1, 0.15) is 18.7 Å². The summed E-state index contributed by atoms with van der Waals surface area (Å²) in [5.74, 6) is -1.22. The van der Waals surface area contributed by atoms with Gasteiger partial charge in [-0.2, -0.15) is 0 Å². The van der Waals surface area contributed by atoms with Gasteiger partial charge in [0, 0.05) is 19.3 Å². The van der Waals surface area contributed by atoms with Crippen molar-refractivity contribution in [1.29, 1.82) is 0 Å². The Morgan fingerprint density at radius 2 is 1.90 bits per heavy atom. The van der Waals surface area contributed by atoms with Gasteiger partial charge in [-0.25, -0.2) is 18.2 Å². The molecule has 0 saturated carbocycles. The highest BCUT2D eigenvalue weighted by atomic mass is 19.1. The molecule has 3 atom stereocenters. The topological polar surface area (TPSA) is 40.1 Å². The number of benzene rings is 1. The van der Waals surface area contributed by atoms with E-state index in [1.54, 1.807) is 25.4 Å². The van der Waals surface area contributed by atoms with Crippen molar-refractivity contribution in [2.75, 3.05) is 13.6 Å². The fraction of sp³-hybridized carbons (Fsp3) is 0.286. The van der Waals surface area contributed by atoms with Gasteiger partial charge in [-0.3, -0.25) is 0 Å². The quantitative estimate of drug-likeness (QED) is 0.837. The highest BCUT2D eigenvalue weighted by molar-refractivity contribution is 5.94. The normalized spacial score (nSPS) is 27.0. The van der Waals surface area contributed by atoms with Crippen LogP contribution in [0.3, 0.4) is 0 Å². The van der Waals surface area contributed by atoms with Gasteiger partial charge in [-0.15, -0.1) is 5.06 Å². The second-order valence-electron chi connectivity index (χ2n) is 6.95. The Balaban J connectivity index is 1.71. The van der Waals surface area contributed by atoms with Gasteiger partial charge in [0.15, 0.2) is 6.17 Å². The summed E-state index contributed by atoms with van der Waals surface area (Å²) in [6.07, 6.45) is 8.25. The van der Waals surface area contributed by atoms with Gasteiger partial charge in [0.25, 0.3) is 5.90 Å². The van der Waals surface area contributed by atoms with E-state index in [0.717, 1.165) is 0 Å². The molecule has 0 saturated heterocycles. The van der Waals surface area contributed by atoms with Crippen molar-refractivity contribution < 1.29 is 18.0 Å². The highest BCUT2D eigenvalue weighted by Crippen LogP contribution is 2.33.